The average Bonchev–Trinajstić information content (AvgIpc) is 3.21. The Hall–Kier alpha value is -3.91. The Kier molecular flexibility index (Phi) is 6.63. The molecule has 1 aliphatic rings. The van der Waals surface area contributed by atoms with Gasteiger partial charge in [-0.25, -0.2) is 9.48 Å². The Morgan fingerprint density at radius 2 is 1.91 bits per heavy atom. The van der Waals surface area contributed by atoms with Crippen molar-refractivity contribution in [1.82, 2.24) is 19.7 Å². The molecule has 0 amide bonds. The van der Waals surface area contributed by atoms with E-state index in [1.54, 1.807) is 6.20 Å². The van der Waals surface area contributed by atoms with Crippen molar-refractivity contribution in [2.75, 3.05) is 37.7 Å². The third-order valence-electron chi connectivity index (χ3n) is 6.30. The van der Waals surface area contributed by atoms with Gasteiger partial charge in [-0.3, -0.25) is 9.88 Å². The second-order valence-electron chi connectivity index (χ2n) is 8.83. The van der Waals surface area contributed by atoms with Crippen molar-refractivity contribution >= 4 is 22.6 Å². The van der Waals surface area contributed by atoms with Gasteiger partial charge in [0.1, 0.15) is 11.4 Å². The predicted molar refractivity (Wildman–Crippen MR) is 135 cm³/mol. The quantitative estimate of drug-likeness (QED) is 0.438. The maximum Gasteiger partial charge on any atom is 0.341 e. The molecule has 180 valence electrons. The molecular formula is C27H29N5O3. The summed E-state index contributed by atoms with van der Waals surface area (Å²) >= 11 is 0. The molecule has 0 spiro atoms. The summed E-state index contributed by atoms with van der Waals surface area (Å²) in [5.74, 6) is -0.387. The lowest BCUT2D eigenvalue weighted by molar-refractivity contribution is -0.139. The number of aryl methyl sites for hydroxylation is 1. The smallest absolute Gasteiger partial charge is 0.341 e. The van der Waals surface area contributed by atoms with Crippen LogP contribution >= 0.6 is 0 Å². The number of anilines is 1. The van der Waals surface area contributed by atoms with Crippen molar-refractivity contribution in [1.29, 1.82) is 0 Å². The van der Waals surface area contributed by atoms with E-state index >= 15 is 0 Å². The van der Waals surface area contributed by atoms with Crippen LogP contribution in [-0.2, 0) is 11.3 Å². The predicted octanol–water partition coefficient (Wildman–Crippen LogP) is 3.90. The van der Waals surface area contributed by atoms with Crippen molar-refractivity contribution in [2.45, 2.75) is 19.9 Å². The molecule has 0 aliphatic carbocycles. The molecule has 8 nitrogen and oxygen atoms in total. The second kappa shape index (κ2) is 10.1. The van der Waals surface area contributed by atoms with E-state index in [0.717, 1.165) is 72.7 Å². The number of aliphatic carboxylic acids is 1. The number of carboxylic acid groups (broad SMARTS) is 1. The summed E-state index contributed by atoms with van der Waals surface area (Å²) in [5.41, 5.74) is 4.73. The molecule has 0 bridgehead atoms. The van der Waals surface area contributed by atoms with Crippen LogP contribution in [0, 0.1) is 6.92 Å². The zero-order valence-electron chi connectivity index (χ0n) is 19.8. The molecule has 8 heteroatoms. The Labute approximate surface area is 204 Å². The first-order valence-corrected chi connectivity index (χ1v) is 11.9. The van der Waals surface area contributed by atoms with Crippen LogP contribution in [0.5, 0.6) is 5.75 Å². The third kappa shape index (κ3) is 5.12. The molecular weight excluding hydrogens is 442 g/mol. The highest BCUT2D eigenvalue weighted by molar-refractivity contribution is 5.95. The summed E-state index contributed by atoms with van der Waals surface area (Å²) in [6, 6.07) is 18.2. The van der Waals surface area contributed by atoms with E-state index in [2.05, 4.69) is 20.9 Å². The number of aromatic nitrogens is 3. The maximum absolute atomic E-state index is 11.2. The highest BCUT2D eigenvalue weighted by atomic mass is 16.5. The summed E-state index contributed by atoms with van der Waals surface area (Å²) in [6.45, 7) is 5.81. The zero-order chi connectivity index (χ0) is 24.2. The molecule has 2 aromatic carbocycles. The molecule has 0 atom stereocenters. The Bertz CT molecular complexity index is 1320. The number of para-hydroxylation sites is 1. The van der Waals surface area contributed by atoms with E-state index in [9.17, 15) is 9.90 Å². The van der Waals surface area contributed by atoms with Gasteiger partial charge >= 0.3 is 5.97 Å². The minimum Gasteiger partial charge on any atom is -0.479 e. The summed E-state index contributed by atoms with van der Waals surface area (Å²) in [6.07, 6.45) is 4.75. The SMILES string of the molecule is Cc1cc2cccnc2c(N2CCCN(Cc3ccn(-c4ccccc4)n3)CC2)c1OCC(=O)O. The van der Waals surface area contributed by atoms with E-state index in [4.69, 9.17) is 9.84 Å². The summed E-state index contributed by atoms with van der Waals surface area (Å²) < 4.78 is 7.70. The lowest BCUT2D eigenvalue weighted by Gasteiger charge is -2.27. The monoisotopic (exact) mass is 471 g/mol. The first-order valence-electron chi connectivity index (χ1n) is 11.9. The van der Waals surface area contributed by atoms with Crippen LogP contribution in [0.3, 0.4) is 0 Å². The van der Waals surface area contributed by atoms with Crippen LogP contribution < -0.4 is 9.64 Å². The van der Waals surface area contributed by atoms with Crippen molar-refractivity contribution < 1.29 is 14.6 Å². The number of pyridine rings is 1. The Balaban J connectivity index is 1.35. The topological polar surface area (TPSA) is 83.7 Å². The lowest BCUT2D eigenvalue weighted by Crippen LogP contribution is -2.31. The molecule has 35 heavy (non-hydrogen) atoms. The van der Waals surface area contributed by atoms with Gasteiger partial charge in [0.05, 0.1) is 16.9 Å². The molecule has 0 radical (unpaired) electrons. The van der Waals surface area contributed by atoms with Gasteiger partial charge in [-0.05, 0) is 49.2 Å². The van der Waals surface area contributed by atoms with Crippen molar-refractivity contribution in [3.63, 3.8) is 0 Å². The Morgan fingerprint density at radius 3 is 2.74 bits per heavy atom. The summed E-state index contributed by atoms with van der Waals surface area (Å²) in [7, 11) is 0. The van der Waals surface area contributed by atoms with E-state index in [1.807, 2.05) is 66.3 Å². The van der Waals surface area contributed by atoms with Crippen LogP contribution in [-0.4, -0.2) is 63.5 Å². The van der Waals surface area contributed by atoms with Crippen molar-refractivity contribution in [3.05, 3.63) is 78.2 Å². The van der Waals surface area contributed by atoms with Crippen molar-refractivity contribution in [2.24, 2.45) is 0 Å². The van der Waals surface area contributed by atoms with Gasteiger partial charge < -0.3 is 14.7 Å². The number of ether oxygens (including phenoxy) is 1. The molecule has 0 saturated carbocycles. The van der Waals surface area contributed by atoms with Crippen LogP contribution in [0.15, 0.2) is 67.0 Å². The molecule has 1 aliphatic heterocycles. The molecule has 5 rings (SSSR count). The Morgan fingerprint density at radius 1 is 1.06 bits per heavy atom. The minimum atomic E-state index is -0.992. The van der Waals surface area contributed by atoms with Gasteiger partial charge in [0.15, 0.2) is 6.61 Å². The molecule has 1 fully saturated rings. The molecule has 1 saturated heterocycles. The van der Waals surface area contributed by atoms with Gasteiger partial charge in [0.25, 0.3) is 0 Å². The summed E-state index contributed by atoms with van der Waals surface area (Å²) in [4.78, 5) is 20.6. The van der Waals surface area contributed by atoms with Gasteiger partial charge in [-0.1, -0.05) is 24.3 Å². The highest BCUT2D eigenvalue weighted by Crippen LogP contribution is 2.39. The number of benzene rings is 2. The lowest BCUT2D eigenvalue weighted by atomic mass is 10.1. The fourth-order valence-corrected chi connectivity index (χ4v) is 4.69. The first-order chi connectivity index (χ1) is 17.1. The normalized spacial score (nSPS) is 14.7. The van der Waals surface area contributed by atoms with Gasteiger partial charge in [0.2, 0.25) is 0 Å². The molecule has 3 heterocycles. The van der Waals surface area contributed by atoms with E-state index < -0.39 is 5.97 Å². The first kappa shape index (κ1) is 22.9. The minimum absolute atomic E-state index is 0.379. The zero-order valence-corrected chi connectivity index (χ0v) is 19.8. The van der Waals surface area contributed by atoms with E-state index in [-0.39, 0.29) is 6.61 Å². The van der Waals surface area contributed by atoms with Gasteiger partial charge in [-0.15, -0.1) is 0 Å². The molecule has 4 aromatic rings. The van der Waals surface area contributed by atoms with Gasteiger partial charge in [-0.2, -0.15) is 5.10 Å². The van der Waals surface area contributed by atoms with Crippen LogP contribution in [0.1, 0.15) is 17.7 Å². The maximum atomic E-state index is 11.2. The fourth-order valence-electron chi connectivity index (χ4n) is 4.69. The fraction of sp³-hybridized carbons (Fsp3) is 0.296. The second-order valence-corrected chi connectivity index (χ2v) is 8.83. The van der Waals surface area contributed by atoms with Gasteiger partial charge in [0, 0.05) is 50.5 Å². The van der Waals surface area contributed by atoms with Crippen molar-refractivity contribution in [3.8, 4) is 11.4 Å². The number of rotatable bonds is 7. The van der Waals surface area contributed by atoms with E-state index in [0.29, 0.717) is 5.75 Å². The number of carbonyl (C=O) groups is 1. The summed E-state index contributed by atoms with van der Waals surface area (Å²) in [5, 5.41) is 15.0. The average molecular weight is 472 g/mol. The largest absolute Gasteiger partial charge is 0.479 e. The molecule has 2 aromatic heterocycles. The van der Waals surface area contributed by atoms with Crippen LogP contribution in [0.4, 0.5) is 5.69 Å². The highest BCUT2D eigenvalue weighted by Gasteiger charge is 2.23. The number of carboxylic acids is 1. The molecule has 0 unspecified atom stereocenters. The van der Waals surface area contributed by atoms with Crippen LogP contribution in [0.2, 0.25) is 0 Å². The number of hydrogen-bond donors (Lipinski definition) is 1. The number of hydrogen-bond acceptors (Lipinski definition) is 6. The third-order valence-corrected chi connectivity index (χ3v) is 6.30. The van der Waals surface area contributed by atoms with Crippen LogP contribution in [0.25, 0.3) is 16.6 Å². The van der Waals surface area contributed by atoms with E-state index in [1.165, 1.54) is 0 Å². The number of fused-ring (bicyclic) bond motifs is 1. The number of nitrogens with zero attached hydrogens (tertiary/aromatic N) is 5. The standard InChI is InChI=1S/C27H29N5O3/c1-20-17-21-7-5-11-28-25(21)26(27(20)35-19-24(33)34)31-13-6-12-30(15-16-31)18-22-10-14-32(29-22)23-8-3-2-4-9-23/h2-5,7-11,14,17H,6,12-13,15-16,18-19H2,1H3,(H,33,34). The molecule has 1 N–H and O–H groups in total.